The van der Waals surface area contributed by atoms with Crippen LogP contribution in [0.15, 0.2) is 24.3 Å². The predicted octanol–water partition coefficient (Wildman–Crippen LogP) is 2.13. The third-order valence-electron chi connectivity index (χ3n) is 3.68. The number of piperidine rings is 1. The zero-order valence-corrected chi connectivity index (χ0v) is 11.6. The summed E-state index contributed by atoms with van der Waals surface area (Å²) in [5, 5.41) is 11.9. The third kappa shape index (κ3) is 3.57. The zero-order chi connectivity index (χ0) is 14.5. The summed E-state index contributed by atoms with van der Waals surface area (Å²) in [6, 6.07) is 6.78. The molecule has 20 heavy (non-hydrogen) atoms. The van der Waals surface area contributed by atoms with Gasteiger partial charge in [0.05, 0.1) is 0 Å². The molecule has 0 aliphatic carbocycles. The number of benzene rings is 1. The largest absolute Gasteiger partial charge is 0.396 e. The van der Waals surface area contributed by atoms with Crippen molar-refractivity contribution in [2.24, 2.45) is 5.92 Å². The number of hydrogen-bond donors (Lipinski definition) is 2. The normalized spacial score (nSPS) is 16.0. The first-order valence-electron chi connectivity index (χ1n) is 6.88. The fraction of sp³-hybridized carbons (Fsp3) is 0.467. The zero-order valence-electron chi connectivity index (χ0n) is 11.6. The second-order valence-corrected chi connectivity index (χ2v) is 5.18. The maximum absolute atomic E-state index is 12.1. The van der Waals surface area contributed by atoms with Crippen molar-refractivity contribution < 1.29 is 14.7 Å². The second-order valence-electron chi connectivity index (χ2n) is 5.18. The van der Waals surface area contributed by atoms with Gasteiger partial charge < -0.3 is 15.3 Å². The number of likely N-dealkylation sites (tertiary alicyclic amines) is 1. The summed E-state index contributed by atoms with van der Waals surface area (Å²) in [4.78, 5) is 25.2. The van der Waals surface area contributed by atoms with Crippen LogP contribution in [-0.4, -0.2) is 41.5 Å². The first-order valence-corrected chi connectivity index (χ1v) is 6.88. The molecule has 0 spiro atoms. The summed E-state index contributed by atoms with van der Waals surface area (Å²) in [5.74, 6) is 0.282. The van der Waals surface area contributed by atoms with Crippen LogP contribution in [0.3, 0.4) is 0 Å². The molecule has 1 saturated heterocycles. The molecule has 0 atom stereocenters. The lowest BCUT2D eigenvalue weighted by atomic mass is 9.98. The van der Waals surface area contributed by atoms with E-state index in [0.29, 0.717) is 30.3 Å². The molecule has 1 aromatic rings. The fourth-order valence-corrected chi connectivity index (χ4v) is 2.34. The van der Waals surface area contributed by atoms with Gasteiger partial charge in [-0.25, -0.2) is 4.79 Å². The van der Waals surface area contributed by atoms with E-state index in [0.717, 1.165) is 12.8 Å². The molecule has 1 fully saturated rings. The van der Waals surface area contributed by atoms with Gasteiger partial charge in [0.2, 0.25) is 0 Å². The standard InChI is InChI=1S/C15H20N2O3/c1-11(19)13-3-2-4-14(9-13)16-15(20)17-7-5-12(10-18)6-8-17/h2-4,9,12,18H,5-8,10H2,1H3,(H,16,20). The van der Waals surface area contributed by atoms with Crippen molar-refractivity contribution in [2.45, 2.75) is 19.8 Å². The van der Waals surface area contributed by atoms with Crippen molar-refractivity contribution in [1.29, 1.82) is 0 Å². The Balaban J connectivity index is 1.95. The molecule has 2 N–H and O–H groups in total. The molecule has 0 radical (unpaired) electrons. The number of ketones is 1. The molecular formula is C15H20N2O3. The highest BCUT2D eigenvalue weighted by Gasteiger charge is 2.22. The predicted molar refractivity (Wildman–Crippen MR) is 76.8 cm³/mol. The minimum atomic E-state index is -0.151. The smallest absolute Gasteiger partial charge is 0.321 e. The second kappa shape index (κ2) is 6.52. The molecule has 108 valence electrons. The van der Waals surface area contributed by atoms with Gasteiger partial charge in [0.1, 0.15) is 0 Å². The molecule has 1 heterocycles. The number of urea groups is 1. The lowest BCUT2D eigenvalue weighted by Crippen LogP contribution is -2.41. The summed E-state index contributed by atoms with van der Waals surface area (Å²) in [7, 11) is 0. The molecule has 2 amide bonds. The van der Waals surface area contributed by atoms with Crippen LogP contribution in [0, 0.1) is 5.92 Å². The van der Waals surface area contributed by atoms with Gasteiger partial charge in [-0.1, -0.05) is 12.1 Å². The van der Waals surface area contributed by atoms with E-state index in [4.69, 9.17) is 5.11 Å². The first-order chi connectivity index (χ1) is 9.60. The highest BCUT2D eigenvalue weighted by molar-refractivity contribution is 5.96. The Morgan fingerprint density at radius 3 is 2.65 bits per heavy atom. The molecule has 5 nitrogen and oxygen atoms in total. The van der Waals surface area contributed by atoms with Gasteiger partial charge >= 0.3 is 6.03 Å². The van der Waals surface area contributed by atoms with Crippen LogP contribution in [0.25, 0.3) is 0 Å². The van der Waals surface area contributed by atoms with Gasteiger partial charge in [-0.05, 0) is 37.8 Å². The van der Waals surface area contributed by atoms with Crippen molar-refractivity contribution in [1.82, 2.24) is 4.90 Å². The van der Waals surface area contributed by atoms with Crippen LogP contribution in [0.5, 0.6) is 0 Å². The van der Waals surface area contributed by atoms with E-state index in [1.54, 1.807) is 29.2 Å². The fourth-order valence-electron chi connectivity index (χ4n) is 2.34. The number of anilines is 1. The van der Waals surface area contributed by atoms with Crippen molar-refractivity contribution in [3.05, 3.63) is 29.8 Å². The van der Waals surface area contributed by atoms with Gasteiger partial charge in [-0.15, -0.1) is 0 Å². The van der Waals surface area contributed by atoms with E-state index >= 15 is 0 Å². The number of nitrogens with zero attached hydrogens (tertiary/aromatic N) is 1. The van der Waals surface area contributed by atoms with E-state index in [1.807, 2.05) is 0 Å². The minimum Gasteiger partial charge on any atom is -0.396 e. The molecule has 0 aromatic heterocycles. The maximum Gasteiger partial charge on any atom is 0.321 e. The van der Waals surface area contributed by atoms with Crippen LogP contribution in [0.1, 0.15) is 30.1 Å². The Bertz CT molecular complexity index is 494. The molecular weight excluding hydrogens is 256 g/mol. The van der Waals surface area contributed by atoms with Gasteiger partial charge in [-0.2, -0.15) is 0 Å². The average Bonchev–Trinajstić information content (AvgIpc) is 2.47. The number of Topliss-reactive ketones (excluding diaryl/α,β-unsaturated/α-hetero) is 1. The molecule has 0 saturated carbocycles. The lowest BCUT2D eigenvalue weighted by molar-refractivity contribution is 0.101. The van der Waals surface area contributed by atoms with Crippen LogP contribution in [0.2, 0.25) is 0 Å². The van der Waals surface area contributed by atoms with E-state index in [1.165, 1.54) is 6.92 Å². The summed E-state index contributed by atoms with van der Waals surface area (Å²) < 4.78 is 0. The molecule has 5 heteroatoms. The number of nitrogens with one attached hydrogen (secondary N) is 1. The number of carbonyl (C=O) groups excluding carboxylic acids is 2. The van der Waals surface area contributed by atoms with Crippen LogP contribution in [0.4, 0.5) is 10.5 Å². The summed E-state index contributed by atoms with van der Waals surface area (Å²) >= 11 is 0. The monoisotopic (exact) mass is 276 g/mol. The Kier molecular flexibility index (Phi) is 4.74. The lowest BCUT2D eigenvalue weighted by Gasteiger charge is -2.31. The molecule has 0 bridgehead atoms. The van der Waals surface area contributed by atoms with E-state index < -0.39 is 0 Å². The minimum absolute atomic E-state index is 0.0233. The molecule has 1 aliphatic rings. The highest BCUT2D eigenvalue weighted by atomic mass is 16.3. The highest BCUT2D eigenvalue weighted by Crippen LogP contribution is 2.18. The Labute approximate surface area is 118 Å². The van der Waals surface area contributed by atoms with Crippen molar-refractivity contribution in [3.63, 3.8) is 0 Å². The van der Waals surface area contributed by atoms with Crippen LogP contribution < -0.4 is 5.32 Å². The van der Waals surface area contributed by atoms with Crippen LogP contribution >= 0.6 is 0 Å². The average molecular weight is 276 g/mol. The Morgan fingerprint density at radius 1 is 1.35 bits per heavy atom. The molecule has 1 aliphatic heterocycles. The first kappa shape index (κ1) is 14.5. The molecule has 1 aromatic carbocycles. The van der Waals surface area contributed by atoms with E-state index in [9.17, 15) is 9.59 Å². The summed E-state index contributed by atoms with van der Waals surface area (Å²) in [6.07, 6.45) is 1.66. The van der Waals surface area contributed by atoms with Crippen molar-refractivity contribution in [3.8, 4) is 0 Å². The maximum atomic E-state index is 12.1. The van der Waals surface area contributed by atoms with Gasteiger partial charge in [0.15, 0.2) is 5.78 Å². The topological polar surface area (TPSA) is 69.6 Å². The SMILES string of the molecule is CC(=O)c1cccc(NC(=O)N2CCC(CO)CC2)c1. The summed E-state index contributed by atoms with van der Waals surface area (Å²) in [6.45, 7) is 3.00. The van der Waals surface area contributed by atoms with Gasteiger partial charge in [0.25, 0.3) is 0 Å². The van der Waals surface area contributed by atoms with Gasteiger partial charge in [-0.3, -0.25) is 4.79 Å². The molecule has 0 unspecified atom stereocenters. The van der Waals surface area contributed by atoms with Crippen molar-refractivity contribution >= 4 is 17.5 Å². The number of aliphatic hydroxyl groups is 1. The number of amides is 2. The number of aliphatic hydroxyl groups excluding tert-OH is 1. The number of hydrogen-bond acceptors (Lipinski definition) is 3. The van der Waals surface area contributed by atoms with Crippen LogP contribution in [-0.2, 0) is 0 Å². The number of carbonyl (C=O) groups is 2. The third-order valence-corrected chi connectivity index (χ3v) is 3.68. The van der Waals surface area contributed by atoms with Gasteiger partial charge in [0, 0.05) is 30.9 Å². The van der Waals surface area contributed by atoms with E-state index in [-0.39, 0.29) is 18.4 Å². The quantitative estimate of drug-likeness (QED) is 0.831. The number of rotatable bonds is 3. The Morgan fingerprint density at radius 2 is 2.05 bits per heavy atom. The Hall–Kier alpha value is -1.88. The van der Waals surface area contributed by atoms with Crippen molar-refractivity contribution in [2.75, 3.05) is 25.0 Å². The molecule has 2 rings (SSSR count). The summed E-state index contributed by atoms with van der Waals surface area (Å²) in [5.41, 5.74) is 1.22. The van der Waals surface area contributed by atoms with E-state index in [2.05, 4.69) is 5.32 Å².